The molecule has 1 heterocycles. The van der Waals surface area contributed by atoms with Gasteiger partial charge in [-0.25, -0.2) is 4.79 Å². The third kappa shape index (κ3) is 3.23. The van der Waals surface area contributed by atoms with E-state index in [1.54, 1.807) is 0 Å². The zero-order valence-corrected chi connectivity index (χ0v) is 14.5. The van der Waals surface area contributed by atoms with Gasteiger partial charge < -0.3 is 15.4 Å². The Morgan fingerprint density at radius 1 is 1.22 bits per heavy atom. The molecule has 4 nitrogen and oxygen atoms in total. The van der Waals surface area contributed by atoms with Gasteiger partial charge in [0.25, 0.3) is 0 Å². The summed E-state index contributed by atoms with van der Waals surface area (Å²) >= 11 is 0. The van der Waals surface area contributed by atoms with Crippen LogP contribution in [0.1, 0.15) is 63.6 Å². The summed E-state index contributed by atoms with van der Waals surface area (Å²) < 4.78 is 5.51. The number of ether oxygens (including phenoxy) is 1. The summed E-state index contributed by atoms with van der Waals surface area (Å²) in [6, 6.07) is 8.74. The molecule has 1 fully saturated rings. The monoisotopic (exact) mass is 316 g/mol. The fraction of sp³-hybridized carbons (Fsp3) is 0.632. The molecule has 23 heavy (non-hydrogen) atoms. The van der Waals surface area contributed by atoms with Gasteiger partial charge in [0.15, 0.2) is 0 Å². The van der Waals surface area contributed by atoms with Crippen molar-refractivity contribution in [2.75, 3.05) is 13.1 Å². The zero-order valence-electron chi connectivity index (χ0n) is 14.5. The Balaban J connectivity index is 1.74. The summed E-state index contributed by atoms with van der Waals surface area (Å²) in [5.74, 6) is 0. The maximum Gasteiger partial charge on any atom is 0.410 e. The highest BCUT2D eigenvalue weighted by Crippen LogP contribution is 2.47. The highest BCUT2D eigenvalue weighted by Gasteiger charge is 2.42. The Bertz CT molecular complexity index is 583. The van der Waals surface area contributed by atoms with E-state index in [4.69, 9.17) is 10.5 Å². The molecule has 1 spiro atoms. The van der Waals surface area contributed by atoms with E-state index in [1.165, 1.54) is 11.1 Å². The Morgan fingerprint density at radius 3 is 2.52 bits per heavy atom. The number of nitrogens with two attached hydrogens (primary N) is 1. The minimum atomic E-state index is -0.434. The van der Waals surface area contributed by atoms with Crippen molar-refractivity contribution in [1.29, 1.82) is 0 Å². The van der Waals surface area contributed by atoms with Gasteiger partial charge in [-0.2, -0.15) is 0 Å². The number of hydrogen-bond donors (Lipinski definition) is 1. The van der Waals surface area contributed by atoms with Gasteiger partial charge in [-0.1, -0.05) is 24.3 Å². The topological polar surface area (TPSA) is 55.6 Å². The third-order valence-electron chi connectivity index (χ3n) is 5.24. The van der Waals surface area contributed by atoms with Crippen molar-refractivity contribution in [3.63, 3.8) is 0 Å². The molecule has 1 aliphatic carbocycles. The molecule has 0 saturated carbocycles. The first-order chi connectivity index (χ1) is 10.8. The third-order valence-corrected chi connectivity index (χ3v) is 5.24. The maximum absolute atomic E-state index is 12.3. The molecule has 2 aliphatic rings. The molecular formula is C19H28N2O2. The van der Waals surface area contributed by atoms with Crippen LogP contribution in [0.4, 0.5) is 4.79 Å². The summed E-state index contributed by atoms with van der Waals surface area (Å²) in [5, 5.41) is 0. The predicted octanol–water partition coefficient (Wildman–Crippen LogP) is 3.75. The molecule has 1 amide bonds. The average molecular weight is 316 g/mol. The van der Waals surface area contributed by atoms with Crippen LogP contribution < -0.4 is 5.73 Å². The number of amides is 1. The number of rotatable bonds is 0. The standard InChI is InChI=1S/C19H28N2O2/c1-18(2,3)23-17(22)21-12-10-19(11-13-21)9-8-16(20)14-6-4-5-7-15(14)19/h4-7,16H,8-13,20H2,1-3H3/t16-/m0/s1. The molecule has 1 aliphatic heterocycles. The van der Waals surface area contributed by atoms with Crippen molar-refractivity contribution in [2.24, 2.45) is 5.73 Å². The number of fused-ring (bicyclic) bond motifs is 2. The van der Waals surface area contributed by atoms with Gasteiger partial charge >= 0.3 is 6.09 Å². The normalized spacial score (nSPS) is 23.5. The molecule has 1 aromatic carbocycles. The Morgan fingerprint density at radius 2 is 1.87 bits per heavy atom. The highest BCUT2D eigenvalue weighted by atomic mass is 16.6. The molecule has 1 atom stereocenters. The van der Waals surface area contributed by atoms with E-state index in [-0.39, 0.29) is 17.6 Å². The molecule has 0 aromatic heterocycles. The molecule has 0 bridgehead atoms. The van der Waals surface area contributed by atoms with E-state index in [9.17, 15) is 4.79 Å². The van der Waals surface area contributed by atoms with E-state index in [2.05, 4.69) is 24.3 Å². The van der Waals surface area contributed by atoms with Crippen molar-refractivity contribution in [1.82, 2.24) is 4.90 Å². The van der Waals surface area contributed by atoms with Crippen LogP contribution in [0.15, 0.2) is 24.3 Å². The molecule has 126 valence electrons. The smallest absolute Gasteiger partial charge is 0.410 e. The first-order valence-electron chi connectivity index (χ1n) is 8.64. The lowest BCUT2D eigenvalue weighted by atomic mass is 9.64. The Kier molecular flexibility index (Phi) is 4.13. The molecule has 1 saturated heterocycles. The number of carbonyl (C=O) groups excluding carboxylic acids is 1. The number of piperidine rings is 1. The second-order valence-electron chi connectivity index (χ2n) is 7.98. The highest BCUT2D eigenvalue weighted by molar-refractivity contribution is 5.68. The van der Waals surface area contributed by atoms with Crippen LogP contribution in [0, 0.1) is 0 Å². The second-order valence-corrected chi connectivity index (χ2v) is 7.98. The summed E-state index contributed by atoms with van der Waals surface area (Å²) in [7, 11) is 0. The summed E-state index contributed by atoms with van der Waals surface area (Å²) in [4.78, 5) is 14.1. The lowest BCUT2D eigenvalue weighted by Crippen LogP contribution is -2.48. The van der Waals surface area contributed by atoms with E-state index in [0.717, 1.165) is 38.8 Å². The molecule has 0 unspecified atom stereocenters. The van der Waals surface area contributed by atoms with E-state index in [1.807, 2.05) is 25.7 Å². The summed E-state index contributed by atoms with van der Waals surface area (Å²) in [6.45, 7) is 7.26. The minimum absolute atomic E-state index is 0.153. The number of likely N-dealkylation sites (tertiary alicyclic amines) is 1. The number of hydrogen-bond acceptors (Lipinski definition) is 3. The van der Waals surface area contributed by atoms with Crippen LogP contribution in [0.2, 0.25) is 0 Å². The number of carbonyl (C=O) groups is 1. The van der Waals surface area contributed by atoms with Gasteiger partial charge in [0.1, 0.15) is 5.60 Å². The van der Waals surface area contributed by atoms with Gasteiger partial charge in [-0.15, -0.1) is 0 Å². The van der Waals surface area contributed by atoms with Gasteiger partial charge in [0.05, 0.1) is 0 Å². The van der Waals surface area contributed by atoms with Crippen LogP contribution in [-0.4, -0.2) is 29.7 Å². The van der Waals surface area contributed by atoms with Crippen molar-refractivity contribution >= 4 is 6.09 Å². The van der Waals surface area contributed by atoms with Gasteiger partial charge in [-0.05, 0) is 63.0 Å². The lowest BCUT2D eigenvalue weighted by Gasteiger charge is -2.46. The van der Waals surface area contributed by atoms with E-state index >= 15 is 0 Å². The van der Waals surface area contributed by atoms with Crippen molar-refractivity contribution in [3.05, 3.63) is 35.4 Å². The quantitative estimate of drug-likeness (QED) is 0.793. The molecule has 4 heteroatoms. The van der Waals surface area contributed by atoms with Crippen LogP contribution in [-0.2, 0) is 10.2 Å². The second kappa shape index (κ2) is 5.82. The Hall–Kier alpha value is -1.55. The zero-order chi connectivity index (χ0) is 16.7. The van der Waals surface area contributed by atoms with E-state index in [0.29, 0.717) is 0 Å². The maximum atomic E-state index is 12.3. The first-order valence-corrected chi connectivity index (χ1v) is 8.64. The molecule has 0 radical (unpaired) electrons. The molecule has 1 aromatic rings. The number of nitrogens with zero attached hydrogens (tertiary/aromatic N) is 1. The first kappa shape index (κ1) is 16.3. The van der Waals surface area contributed by atoms with Gasteiger partial charge in [0, 0.05) is 19.1 Å². The fourth-order valence-electron chi connectivity index (χ4n) is 3.99. The minimum Gasteiger partial charge on any atom is -0.444 e. The molecule has 3 rings (SSSR count). The van der Waals surface area contributed by atoms with Crippen LogP contribution in [0.5, 0.6) is 0 Å². The van der Waals surface area contributed by atoms with E-state index < -0.39 is 5.60 Å². The van der Waals surface area contributed by atoms with Crippen LogP contribution in [0.25, 0.3) is 0 Å². The van der Waals surface area contributed by atoms with Crippen molar-refractivity contribution in [2.45, 2.75) is 63.5 Å². The largest absolute Gasteiger partial charge is 0.444 e. The molecule has 2 N–H and O–H groups in total. The average Bonchev–Trinajstić information content (AvgIpc) is 2.51. The van der Waals surface area contributed by atoms with Crippen molar-refractivity contribution in [3.8, 4) is 0 Å². The van der Waals surface area contributed by atoms with Gasteiger partial charge in [-0.3, -0.25) is 0 Å². The SMILES string of the molecule is CC(C)(C)OC(=O)N1CCC2(CC[C@H](N)c3ccccc32)CC1. The summed E-state index contributed by atoms with van der Waals surface area (Å²) in [6.07, 6.45) is 3.95. The van der Waals surface area contributed by atoms with Crippen molar-refractivity contribution < 1.29 is 9.53 Å². The number of benzene rings is 1. The Labute approximate surface area is 139 Å². The fourth-order valence-corrected chi connectivity index (χ4v) is 3.99. The van der Waals surface area contributed by atoms with Crippen LogP contribution >= 0.6 is 0 Å². The lowest BCUT2D eigenvalue weighted by molar-refractivity contribution is 0.0152. The van der Waals surface area contributed by atoms with Crippen LogP contribution in [0.3, 0.4) is 0 Å². The summed E-state index contributed by atoms with van der Waals surface area (Å²) in [5.41, 5.74) is 8.75. The molecular weight excluding hydrogens is 288 g/mol. The van der Waals surface area contributed by atoms with Gasteiger partial charge in [0.2, 0.25) is 0 Å². The predicted molar refractivity (Wildman–Crippen MR) is 91.3 cm³/mol.